The highest BCUT2D eigenvalue weighted by atomic mass is 16.7. The lowest BCUT2D eigenvalue weighted by Crippen LogP contribution is -2.39. The van der Waals surface area contributed by atoms with Gasteiger partial charge in [0, 0.05) is 5.41 Å². The number of ether oxygens (including phenoxy) is 2. The van der Waals surface area contributed by atoms with Gasteiger partial charge in [0.15, 0.2) is 6.29 Å². The Labute approximate surface area is 151 Å². The minimum Gasteiger partial charge on any atom is -0.350 e. The van der Waals surface area contributed by atoms with Crippen LogP contribution in [0.3, 0.4) is 0 Å². The molecule has 0 spiro atoms. The summed E-state index contributed by atoms with van der Waals surface area (Å²) in [6, 6.07) is 10.1. The summed E-state index contributed by atoms with van der Waals surface area (Å²) in [4.78, 5) is 0. The highest BCUT2D eigenvalue weighted by Crippen LogP contribution is 2.23. The third-order valence-electron chi connectivity index (χ3n) is 4.18. The SMILES string of the molecule is CC1(C)COC(Cn2cc(-c3cn(Cc4ccccc4)nn3)nn2)OC1. The van der Waals surface area contributed by atoms with E-state index in [-0.39, 0.29) is 11.7 Å². The van der Waals surface area contributed by atoms with Crippen LogP contribution in [0.4, 0.5) is 0 Å². The molecule has 8 nitrogen and oxygen atoms in total. The molecule has 1 aromatic carbocycles. The second-order valence-electron chi connectivity index (χ2n) is 7.33. The molecule has 0 saturated carbocycles. The summed E-state index contributed by atoms with van der Waals surface area (Å²) in [6.45, 7) is 6.76. The predicted octanol–water partition coefficient (Wildman–Crippen LogP) is 1.98. The molecule has 0 atom stereocenters. The van der Waals surface area contributed by atoms with E-state index in [1.165, 1.54) is 5.56 Å². The summed E-state index contributed by atoms with van der Waals surface area (Å²) in [5.41, 5.74) is 2.60. The van der Waals surface area contributed by atoms with Crippen LogP contribution < -0.4 is 0 Å². The van der Waals surface area contributed by atoms with Crippen LogP contribution in [0.2, 0.25) is 0 Å². The lowest BCUT2D eigenvalue weighted by molar-refractivity contribution is -0.227. The van der Waals surface area contributed by atoms with Gasteiger partial charge in [-0.15, -0.1) is 10.2 Å². The van der Waals surface area contributed by atoms with E-state index in [9.17, 15) is 0 Å². The van der Waals surface area contributed by atoms with Gasteiger partial charge in [-0.1, -0.05) is 54.6 Å². The number of nitrogens with zero attached hydrogens (tertiary/aromatic N) is 6. The Morgan fingerprint density at radius 1 is 0.962 bits per heavy atom. The maximum atomic E-state index is 5.74. The summed E-state index contributed by atoms with van der Waals surface area (Å²) >= 11 is 0. The molecule has 0 bridgehead atoms. The van der Waals surface area contributed by atoms with E-state index in [2.05, 4.69) is 46.6 Å². The molecule has 0 N–H and O–H groups in total. The van der Waals surface area contributed by atoms with Crippen LogP contribution in [0.25, 0.3) is 11.4 Å². The molecule has 0 aliphatic carbocycles. The first kappa shape index (κ1) is 16.9. The van der Waals surface area contributed by atoms with Gasteiger partial charge in [-0.3, -0.25) is 0 Å². The zero-order valence-electron chi connectivity index (χ0n) is 14.9. The summed E-state index contributed by atoms with van der Waals surface area (Å²) < 4.78 is 15.0. The van der Waals surface area contributed by atoms with Crippen LogP contribution in [-0.2, 0) is 22.6 Å². The highest BCUT2D eigenvalue weighted by Gasteiger charge is 2.28. The van der Waals surface area contributed by atoms with Gasteiger partial charge in [-0.2, -0.15) is 0 Å². The molecule has 136 valence electrons. The molecular weight excluding hydrogens is 332 g/mol. The zero-order chi connectivity index (χ0) is 18.0. The van der Waals surface area contributed by atoms with Gasteiger partial charge in [0.05, 0.1) is 38.7 Å². The molecule has 1 aliphatic rings. The van der Waals surface area contributed by atoms with Crippen molar-refractivity contribution in [1.82, 2.24) is 30.0 Å². The van der Waals surface area contributed by atoms with Crippen LogP contribution in [0, 0.1) is 5.41 Å². The van der Waals surface area contributed by atoms with Crippen LogP contribution in [0.1, 0.15) is 19.4 Å². The fourth-order valence-corrected chi connectivity index (χ4v) is 2.75. The van der Waals surface area contributed by atoms with Crippen molar-refractivity contribution in [2.45, 2.75) is 33.2 Å². The monoisotopic (exact) mass is 354 g/mol. The van der Waals surface area contributed by atoms with E-state index < -0.39 is 0 Å². The fourth-order valence-electron chi connectivity index (χ4n) is 2.75. The predicted molar refractivity (Wildman–Crippen MR) is 94.1 cm³/mol. The normalized spacial score (nSPS) is 17.5. The third-order valence-corrected chi connectivity index (χ3v) is 4.18. The van der Waals surface area contributed by atoms with E-state index in [4.69, 9.17) is 9.47 Å². The van der Waals surface area contributed by atoms with E-state index in [1.807, 2.05) is 30.6 Å². The number of rotatable bonds is 5. The highest BCUT2D eigenvalue weighted by molar-refractivity contribution is 5.49. The lowest BCUT2D eigenvalue weighted by atomic mass is 9.96. The molecule has 4 rings (SSSR count). The Morgan fingerprint density at radius 3 is 2.27 bits per heavy atom. The van der Waals surface area contributed by atoms with Crippen LogP contribution in [-0.4, -0.2) is 49.5 Å². The van der Waals surface area contributed by atoms with Crippen molar-refractivity contribution in [2.24, 2.45) is 5.41 Å². The Hall–Kier alpha value is -2.58. The van der Waals surface area contributed by atoms with Gasteiger partial charge in [0.25, 0.3) is 0 Å². The summed E-state index contributed by atoms with van der Waals surface area (Å²) in [5, 5.41) is 16.7. The van der Waals surface area contributed by atoms with E-state index in [1.54, 1.807) is 9.36 Å². The Balaban J connectivity index is 1.39. The largest absolute Gasteiger partial charge is 0.350 e. The van der Waals surface area contributed by atoms with Crippen molar-refractivity contribution in [1.29, 1.82) is 0 Å². The first-order valence-electron chi connectivity index (χ1n) is 8.65. The van der Waals surface area contributed by atoms with Crippen LogP contribution in [0.15, 0.2) is 42.7 Å². The van der Waals surface area contributed by atoms with Crippen molar-refractivity contribution in [3.05, 3.63) is 48.3 Å². The second-order valence-corrected chi connectivity index (χ2v) is 7.33. The van der Waals surface area contributed by atoms with Crippen molar-refractivity contribution in [3.63, 3.8) is 0 Å². The van der Waals surface area contributed by atoms with Gasteiger partial charge in [0.2, 0.25) is 0 Å². The molecule has 0 unspecified atom stereocenters. The van der Waals surface area contributed by atoms with Crippen LogP contribution in [0.5, 0.6) is 0 Å². The molecule has 0 amide bonds. The average molecular weight is 354 g/mol. The average Bonchev–Trinajstić information content (AvgIpc) is 3.27. The molecule has 26 heavy (non-hydrogen) atoms. The topological polar surface area (TPSA) is 79.9 Å². The maximum Gasteiger partial charge on any atom is 0.177 e. The third kappa shape index (κ3) is 3.97. The minimum atomic E-state index is -0.300. The van der Waals surface area contributed by atoms with Crippen molar-refractivity contribution in [2.75, 3.05) is 13.2 Å². The molecule has 1 aliphatic heterocycles. The maximum absolute atomic E-state index is 5.74. The first-order valence-corrected chi connectivity index (χ1v) is 8.65. The van der Waals surface area contributed by atoms with Crippen LogP contribution >= 0.6 is 0 Å². The van der Waals surface area contributed by atoms with Gasteiger partial charge >= 0.3 is 0 Å². The standard InChI is InChI=1S/C18H22N6O2/c1-18(2)12-25-17(26-13-18)11-24-10-16(20-22-24)15-9-23(21-19-15)8-14-6-4-3-5-7-14/h3-7,9-10,17H,8,11-13H2,1-2H3. The Morgan fingerprint density at radius 2 is 1.58 bits per heavy atom. The summed E-state index contributed by atoms with van der Waals surface area (Å²) in [7, 11) is 0. The smallest absolute Gasteiger partial charge is 0.177 e. The van der Waals surface area contributed by atoms with Gasteiger partial charge in [0.1, 0.15) is 11.4 Å². The van der Waals surface area contributed by atoms with Gasteiger partial charge in [-0.25, -0.2) is 9.36 Å². The Bertz CT molecular complexity index is 847. The van der Waals surface area contributed by atoms with Crippen molar-refractivity contribution >= 4 is 0 Å². The molecule has 1 saturated heterocycles. The quantitative estimate of drug-likeness (QED) is 0.697. The summed E-state index contributed by atoms with van der Waals surface area (Å²) in [6.07, 6.45) is 3.41. The molecule has 2 aromatic heterocycles. The lowest BCUT2D eigenvalue weighted by Gasteiger charge is -2.34. The number of aromatic nitrogens is 6. The van der Waals surface area contributed by atoms with Gasteiger partial charge < -0.3 is 9.47 Å². The van der Waals surface area contributed by atoms with E-state index in [0.29, 0.717) is 37.7 Å². The van der Waals surface area contributed by atoms with Crippen molar-refractivity contribution < 1.29 is 9.47 Å². The molecule has 1 fully saturated rings. The molecule has 3 aromatic rings. The molecule has 3 heterocycles. The van der Waals surface area contributed by atoms with E-state index >= 15 is 0 Å². The van der Waals surface area contributed by atoms with Gasteiger partial charge in [-0.05, 0) is 5.56 Å². The molecular formula is C18H22N6O2. The summed E-state index contributed by atoms with van der Waals surface area (Å²) in [5.74, 6) is 0. The second kappa shape index (κ2) is 6.97. The number of benzene rings is 1. The molecule has 8 heteroatoms. The molecule has 0 radical (unpaired) electrons. The number of hydrogen-bond acceptors (Lipinski definition) is 6. The van der Waals surface area contributed by atoms with Crippen molar-refractivity contribution in [3.8, 4) is 11.4 Å². The van der Waals surface area contributed by atoms with E-state index in [0.717, 1.165) is 0 Å². The zero-order valence-corrected chi connectivity index (χ0v) is 14.9. The Kier molecular flexibility index (Phi) is 4.52. The first-order chi connectivity index (χ1) is 12.6. The fraction of sp³-hybridized carbons (Fsp3) is 0.444. The minimum absolute atomic E-state index is 0.0568. The number of hydrogen-bond donors (Lipinski definition) is 0.